The average molecular weight is 723 g/mol. The summed E-state index contributed by atoms with van der Waals surface area (Å²) in [5.41, 5.74) is -1.44. The third kappa shape index (κ3) is 7.93. The molecule has 1 aromatic heterocycles. The summed E-state index contributed by atoms with van der Waals surface area (Å²) in [6.07, 6.45) is -15.0. The zero-order valence-corrected chi connectivity index (χ0v) is 27.0. The number of carbonyl (C=O) groups excluding carboxylic acids is 3. The molecule has 7 N–H and O–H groups in total. The van der Waals surface area contributed by atoms with E-state index in [0.29, 0.717) is 0 Å². The fraction of sp³-hybridized carbons (Fsp3) is 0.438. The molecule has 9 atom stereocenters. The molecule has 0 saturated carbocycles. The number of rotatable bonds is 9. The van der Waals surface area contributed by atoms with E-state index in [9.17, 15) is 54.9 Å². The first-order valence-corrected chi connectivity index (χ1v) is 15.2. The Morgan fingerprint density at radius 2 is 1.45 bits per heavy atom. The first-order valence-electron chi connectivity index (χ1n) is 15.2. The van der Waals surface area contributed by atoms with Crippen LogP contribution < -0.4 is 10.2 Å². The number of aliphatic hydroxyl groups excluding tert-OH is 3. The Balaban J connectivity index is 1.45. The van der Waals surface area contributed by atoms with Crippen LogP contribution in [0.2, 0.25) is 0 Å². The quantitative estimate of drug-likeness (QED) is 0.0843. The molecule has 2 saturated heterocycles. The summed E-state index contributed by atoms with van der Waals surface area (Å²) in [6.45, 7) is 2.14. The summed E-state index contributed by atoms with van der Waals surface area (Å²) < 4.78 is 44.3. The van der Waals surface area contributed by atoms with Crippen LogP contribution in [-0.2, 0) is 42.8 Å². The number of carbonyl (C=O) groups is 3. The van der Waals surface area contributed by atoms with E-state index in [0.717, 1.165) is 45.0 Å². The van der Waals surface area contributed by atoms with E-state index in [-0.39, 0.29) is 17.8 Å². The summed E-state index contributed by atoms with van der Waals surface area (Å²) in [5.74, 6) is -5.92. The Bertz CT molecular complexity index is 1850. The van der Waals surface area contributed by atoms with Gasteiger partial charge in [0.2, 0.25) is 17.5 Å². The highest BCUT2D eigenvalue weighted by atomic mass is 16.7. The molecule has 0 spiro atoms. The van der Waals surface area contributed by atoms with Gasteiger partial charge in [-0.1, -0.05) is 0 Å². The first-order chi connectivity index (χ1) is 24.0. The van der Waals surface area contributed by atoms with E-state index < -0.39 is 125 Å². The van der Waals surface area contributed by atoms with Gasteiger partial charge in [-0.2, -0.15) is 0 Å². The van der Waals surface area contributed by atoms with Crippen molar-refractivity contribution < 1.29 is 87.7 Å². The van der Waals surface area contributed by atoms with Crippen LogP contribution in [0.15, 0.2) is 39.5 Å². The van der Waals surface area contributed by atoms with Gasteiger partial charge >= 0.3 is 17.9 Å². The Morgan fingerprint density at radius 1 is 0.784 bits per heavy atom. The predicted molar refractivity (Wildman–Crippen MR) is 164 cm³/mol. The molecular weight excluding hydrogens is 688 g/mol. The molecule has 51 heavy (non-hydrogen) atoms. The smallest absolute Gasteiger partial charge is 0.303 e. The molecule has 3 heterocycles. The molecule has 0 amide bonds. The normalized spacial score (nSPS) is 27.8. The van der Waals surface area contributed by atoms with E-state index in [1.165, 1.54) is 6.07 Å². The molecule has 5 rings (SSSR count). The maximum atomic E-state index is 13.7. The zero-order valence-electron chi connectivity index (χ0n) is 27.0. The van der Waals surface area contributed by atoms with Gasteiger partial charge in [0.25, 0.3) is 0 Å². The van der Waals surface area contributed by atoms with Gasteiger partial charge < -0.3 is 73.3 Å². The van der Waals surface area contributed by atoms with Gasteiger partial charge in [-0.15, -0.1) is 0 Å². The largest absolute Gasteiger partial charge is 0.508 e. The summed E-state index contributed by atoms with van der Waals surface area (Å²) in [4.78, 5) is 49.2. The summed E-state index contributed by atoms with van der Waals surface area (Å²) in [5, 5.41) is 72.3. The molecule has 2 aliphatic heterocycles. The lowest BCUT2D eigenvalue weighted by atomic mass is 9.99. The summed E-state index contributed by atoms with van der Waals surface area (Å²) in [7, 11) is 0. The molecule has 276 valence electrons. The van der Waals surface area contributed by atoms with Crippen LogP contribution in [0.5, 0.6) is 28.7 Å². The van der Waals surface area contributed by atoms with E-state index >= 15 is 0 Å². The minimum Gasteiger partial charge on any atom is -0.508 e. The summed E-state index contributed by atoms with van der Waals surface area (Å²) in [6, 6.07) is 5.16. The lowest BCUT2D eigenvalue weighted by molar-refractivity contribution is -0.310. The molecule has 0 aliphatic carbocycles. The van der Waals surface area contributed by atoms with Crippen molar-refractivity contribution in [2.45, 2.75) is 76.1 Å². The second-order valence-electron chi connectivity index (χ2n) is 11.6. The molecule has 0 bridgehead atoms. The highest BCUT2D eigenvalue weighted by molar-refractivity contribution is 5.88. The number of aliphatic hydroxyl groups is 3. The number of benzene rings is 2. The molecule has 19 heteroatoms. The lowest BCUT2D eigenvalue weighted by Gasteiger charge is -2.42. The van der Waals surface area contributed by atoms with E-state index in [4.69, 9.17) is 37.6 Å². The van der Waals surface area contributed by atoms with Crippen molar-refractivity contribution in [1.82, 2.24) is 0 Å². The summed E-state index contributed by atoms with van der Waals surface area (Å²) >= 11 is 0. The molecule has 2 fully saturated rings. The standard InChI is InChI=1S/C32H34O19/c1-11(33)46-21-10-45-32(30(48-13(3)35)28(21)47-12(2)34)44-9-20-23(40)25(42)26(43)31(50-20)51-29-24(41)22-18(39)7-15(36)8-19(22)49-27(29)14-4-5-16(37)17(38)6-14/h4-8,20-21,23,25-26,28,30-32,36-40,42-43H,9-10H2,1-3H3/t20-,21-,23-,25+,26-,28+,30-,31+,32+/m1/s1. The van der Waals surface area contributed by atoms with Crippen molar-refractivity contribution in [2.75, 3.05) is 13.2 Å². The monoisotopic (exact) mass is 722 g/mol. The third-order valence-electron chi connectivity index (χ3n) is 7.79. The maximum Gasteiger partial charge on any atom is 0.303 e. The van der Waals surface area contributed by atoms with Crippen molar-refractivity contribution >= 4 is 28.9 Å². The zero-order chi connectivity index (χ0) is 37.3. The van der Waals surface area contributed by atoms with Crippen LogP contribution in [0, 0.1) is 0 Å². The maximum absolute atomic E-state index is 13.7. The minimum atomic E-state index is -2.03. The van der Waals surface area contributed by atoms with E-state index in [1.807, 2.05) is 0 Å². The third-order valence-corrected chi connectivity index (χ3v) is 7.79. The van der Waals surface area contributed by atoms with Crippen molar-refractivity contribution in [3.8, 4) is 40.1 Å². The highest BCUT2D eigenvalue weighted by Crippen LogP contribution is 2.39. The van der Waals surface area contributed by atoms with Crippen LogP contribution in [0.3, 0.4) is 0 Å². The Hall–Kier alpha value is -5.18. The van der Waals surface area contributed by atoms with E-state index in [1.54, 1.807) is 0 Å². The Morgan fingerprint density at radius 3 is 2.10 bits per heavy atom. The van der Waals surface area contributed by atoms with Crippen molar-refractivity contribution in [2.24, 2.45) is 0 Å². The number of fused-ring (bicyclic) bond motifs is 1. The molecule has 0 unspecified atom stereocenters. The number of hydrogen-bond acceptors (Lipinski definition) is 19. The predicted octanol–water partition coefficient (Wildman–Crippen LogP) is -0.363. The number of aromatic hydroxyl groups is 4. The number of phenols is 4. The molecule has 19 nitrogen and oxygen atoms in total. The lowest BCUT2D eigenvalue weighted by Crippen LogP contribution is -2.62. The van der Waals surface area contributed by atoms with Gasteiger partial charge in [0.05, 0.1) is 13.2 Å². The van der Waals surface area contributed by atoms with Crippen LogP contribution in [-0.4, -0.2) is 122 Å². The molecule has 3 aromatic rings. The number of esters is 3. The molecule has 0 radical (unpaired) electrons. The second-order valence-corrected chi connectivity index (χ2v) is 11.6. The topological polar surface area (TPSA) is 288 Å². The number of hydrogen-bond donors (Lipinski definition) is 7. The van der Waals surface area contributed by atoms with Crippen molar-refractivity contribution in [3.05, 3.63) is 40.6 Å². The van der Waals surface area contributed by atoms with Gasteiger partial charge in [0.15, 0.2) is 41.9 Å². The average Bonchev–Trinajstić information content (AvgIpc) is 3.04. The van der Waals surface area contributed by atoms with Crippen LogP contribution in [0.4, 0.5) is 0 Å². The van der Waals surface area contributed by atoms with Gasteiger partial charge in [-0.05, 0) is 18.2 Å². The molecule has 2 aliphatic rings. The van der Waals surface area contributed by atoms with Crippen LogP contribution in [0.25, 0.3) is 22.3 Å². The second kappa shape index (κ2) is 15.0. The van der Waals surface area contributed by atoms with Crippen LogP contribution in [0.1, 0.15) is 20.8 Å². The van der Waals surface area contributed by atoms with E-state index in [2.05, 4.69) is 0 Å². The number of phenolic OH excluding ortho intramolecular Hbond substituents is 4. The fourth-order valence-corrected chi connectivity index (χ4v) is 5.54. The SMILES string of the molecule is CC(=O)O[C@@H]1[C@@H](OC(C)=O)[C@@H](OC[C@H]2O[C@@H](Oc3c(-c4ccc(O)c(O)c4)oc4cc(O)cc(O)c4c3=O)[C@H](O)[C@@H](O)[C@@H]2O)OC[C@H]1OC(C)=O. The Kier molecular flexibility index (Phi) is 10.9. The van der Waals surface area contributed by atoms with Gasteiger partial charge in [0, 0.05) is 38.5 Å². The number of ether oxygens (including phenoxy) is 7. The fourth-order valence-electron chi connectivity index (χ4n) is 5.54. The highest BCUT2D eigenvalue weighted by Gasteiger charge is 2.50. The van der Waals surface area contributed by atoms with Gasteiger partial charge in [0.1, 0.15) is 46.9 Å². The minimum absolute atomic E-state index is 0.0618. The first kappa shape index (κ1) is 37.1. The Labute approximate surface area is 286 Å². The van der Waals surface area contributed by atoms with Gasteiger partial charge in [-0.3, -0.25) is 19.2 Å². The van der Waals surface area contributed by atoms with Crippen LogP contribution >= 0.6 is 0 Å². The molecular formula is C32H34O19. The molecule has 2 aromatic carbocycles. The van der Waals surface area contributed by atoms with Crippen molar-refractivity contribution in [3.63, 3.8) is 0 Å². The van der Waals surface area contributed by atoms with Crippen molar-refractivity contribution in [1.29, 1.82) is 0 Å². The van der Waals surface area contributed by atoms with Gasteiger partial charge in [-0.25, -0.2) is 0 Å².